The predicted octanol–water partition coefficient (Wildman–Crippen LogP) is 5.22. The Balaban J connectivity index is 1.67. The van der Waals surface area contributed by atoms with Gasteiger partial charge in [-0.05, 0) is 30.2 Å². The van der Waals surface area contributed by atoms with Crippen molar-refractivity contribution in [2.75, 3.05) is 24.8 Å². The van der Waals surface area contributed by atoms with Crippen LogP contribution in [0, 0.1) is 0 Å². The first-order chi connectivity index (χ1) is 15.8. The minimum absolute atomic E-state index is 0.114. The first-order valence-corrected chi connectivity index (χ1v) is 11.8. The lowest BCUT2D eigenvalue weighted by Gasteiger charge is -2.14. The highest BCUT2D eigenvalue weighted by Crippen LogP contribution is 2.36. The number of amides is 1. The van der Waals surface area contributed by atoms with Gasteiger partial charge in [-0.15, -0.1) is 10.2 Å². The third-order valence-corrected chi connectivity index (χ3v) is 6.15. The van der Waals surface area contributed by atoms with Crippen molar-refractivity contribution in [3.63, 3.8) is 0 Å². The van der Waals surface area contributed by atoms with Gasteiger partial charge in [-0.2, -0.15) is 13.2 Å². The zero-order valence-electron chi connectivity index (χ0n) is 17.7. The van der Waals surface area contributed by atoms with E-state index in [1.165, 1.54) is 17.7 Å². The summed E-state index contributed by atoms with van der Waals surface area (Å²) in [6, 6.07) is 13.6. The highest BCUT2D eigenvalue weighted by atomic mass is 79.9. The Labute approximate surface area is 202 Å². The Morgan fingerprint density at radius 2 is 1.91 bits per heavy atom. The maximum Gasteiger partial charge on any atom is 0.418 e. The second kappa shape index (κ2) is 11.7. The number of ether oxygens (including phenoxy) is 1. The molecule has 2 aromatic carbocycles. The summed E-state index contributed by atoms with van der Waals surface area (Å²) in [5.41, 5.74) is -0.0373. The topological polar surface area (TPSA) is 69.0 Å². The number of aromatic nitrogens is 3. The molecule has 0 fully saturated rings. The van der Waals surface area contributed by atoms with Gasteiger partial charge in [-0.3, -0.25) is 4.79 Å². The molecule has 11 heteroatoms. The van der Waals surface area contributed by atoms with Crippen LogP contribution in [0.5, 0.6) is 0 Å². The predicted molar refractivity (Wildman–Crippen MR) is 124 cm³/mol. The van der Waals surface area contributed by atoms with Crippen LogP contribution >= 0.6 is 27.7 Å². The molecule has 3 rings (SSSR count). The van der Waals surface area contributed by atoms with Gasteiger partial charge in [-0.1, -0.05) is 58.0 Å². The average molecular weight is 543 g/mol. The zero-order valence-corrected chi connectivity index (χ0v) is 20.1. The molecule has 33 heavy (non-hydrogen) atoms. The smallest absolute Gasteiger partial charge is 0.383 e. The van der Waals surface area contributed by atoms with Gasteiger partial charge in [0.1, 0.15) is 5.82 Å². The van der Waals surface area contributed by atoms with E-state index in [0.29, 0.717) is 24.7 Å². The van der Waals surface area contributed by atoms with E-state index in [1.54, 1.807) is 7.11 Å². The average Bonchev–Trinajstić information content (AvgIpc) is 3.17. The number of alkyl halides is 3. The number of thioether (sulfide) groups is 1. The van der Waals surface area contributed by atoms with Crippen molar-refractivity contribution in [1.29, 1.82) is 0 Å². The molecule has 0 aliphatic rings. The van der Waals surface area contributed by atoms with Gasteiger partial charge in [0.15, 0.2) is 5.16 Å². The number of anilines is 1. The van der Waals surface area contributed by atoms with Crippen LogP contribution in [0.2, 0.25) is 0 Å². The van der Waals surface area contributed by atoms with Gasteiger partial charge in [0.05, 0.1) is 23.6 Å². The van der Waals surface area contributed by atoms with Crippen LogP contribution in [-0.2, 0) is 35.1 Å². The molecule has 1 amide bonds. The van der Waals surface area contributed by atoms with E-state index < -0.39 is 17.6 Å². The van der Waals surface area contributed by atoms with E-state index in [-0.39, 0.29) is 15.9 Å². The van der Waals surface area contributed by atoms with Crippen molar-refractivity contribution in [2.45, 2.75) is 30.7 Å². The molecule has 1 N–H and O–H groups in total. The van der Waals surface area contributed by atoms with Crippen molar-refractivity contribution < 1.29 is 22.7 Å². The van der Waals surface area contributed by atoms with Crippen LogP contribution in [0.15, 0.2) is 58.2 Å². The minimum Gasteiger partial charge on any atom is -0.383 e. The summed E-state index contributed by atoms with van der Waals surface area (Å²) in [6.07, 6.45) is -3.16. The summed E-state index contributed by atoms with van der Waals surface area (Å²) in [5.74, 6) is 0.0722. The normalized spacial score (nSPS) is 11.5. The van der Waals surface area contributed by atoms with Crippen LogP contribution in [-0.4, -0.2) is 40.1 Å². The van der Waals surface area contributed by atoms with E-state index in [9.17, 15) is 18.0 Å². The molecule has 0 saturated heterocycles. The lowest BCUT2D eigenvalue weighted by molar-refractivity contribution is -0.137. The van der Waals surface area contributed by atoms with Crippen molar-refractivity contribution >= 4 is 39.3 Å². The Morgan fingerprint density at radius 1 is 1.15 bits per heavy atom. The van der Waals surface area contributed by atoms with Gasteiger partial charge in [0.25, 0.3) is 0 Å². The molecule has 1 aromatic heterocycles. The molecule has 0 aliphatic heterocycles. The Morgan fingerprint density at radius 3 is 2.61 bits per heavy atom. The summed E-state index contributed by atoms with van der Waals surface area (Å²) in [5, 5.41) is 11.3. The highest BCUT2D eigenvalue weighted by Gasteiger charge is 2.34. The van der Waals surface area contributed by atoms with Gasteiger partial charge in [-0.25, -0.2) is 0 Å². The number of hydrogen-bond acceptors (Lipinski definition) is 5. The molecule has 3 aromatic rings. The molecule has 0 radical (unpaired) electrons. The monoisotopic (exact) mass is 542 g/mol. The van der Waals surface area contributed by atoms with Gasteiger partial charge in [0.2, 0.25) is 5.91 Å². The maximum atomic E-state index is 13.3. The van der Waals surface area contributed by atoms with Crippen LogP contribution < -0.4 is 5.32 Å². The molecule has 176 valence electrons. The van der Waals surface area contributed by atoms with Crippen LogP contribution in [0.25, 0.3) is 0 Å². The summed E-state index contributed by atoms with van der Waals surface area (Å²) in [7, 11) is 1.59. The number of halogens is 4. The SMILES string of the molecule is COCCn1c(CCc2ccccc2)nnc1SCC(=O)Nc1ccc(Br)cc1C(F)(F)F. The molecular formula is C22H22BrF3N4O2S. The van der Waals surface area contributed by atoms with E-state index in [4.69, 9.17) is 4.74 Å². The van der Waals surface area contributed by atoms with E-state index >= 15 is 0 Å². The standard InChI is InChI=1S/C22H22BrF3N4O2S/c1-32-12-11-30-19(10-7-15-5-3-2-4-6-15)28-29-21(30)33-14-20(31)27-18-9-8-16(23)13-17(18)22(24,25)26/h2-6,8-9,13H,7,10-12,14H2,1H3,(H,27,31). The number of nitrogens with zero attached hydrogens (tertiary/aromatic N) is 3. The lowest BCUT2D eigenvalue weighted by atomic mass is 10.1. The second-order valence-electron chi connectivity index (χ2n) is 7.05. The fraction of sp³-hybridized carbons (Fsp3) is 0.318. The summed E-state index contributed by atoms with van der Waals surface area (Å²) in [4.78, 5) is 12.4. The second-order valence-corrected chi connectivity index (χ2v) is 8.91. The Bertz CT molecular complexity index is 1080. The van der Waals surface area contributed by atoms with E-state index in [0.717, 1.165) is 30.1 Å². The zero-order chi connectivity index (χ0) is 23.8. The summed E-state index contributed by atoms with van der Waals surface area (Å²) in [6.45, 7) is 0.937. The molecule has 1 heterocycles. The molecule has 0 atom stereocenters. The summed E-state index contributed by atoms with van der Waals surface area (Å²) < 4.78 is 47.2. The molecule has 0 aliphatic carbocycles. The van der Waals surface area contributed by atoms with E-state index in [1.807, 2.05) is 34.9 Å². The molecule has 6 nitrogen and oxygen atoms in total. The van der Waals surface area contributed by atoms with Crippen molar-refractivity contribution in [3.8, 4) is 0 Å². The number of methoxy groups -OCH3 is 1. The first-order valence-electron chi connectivity index (χ1n) is 10.0. The molecule has 0 saturated carbocycles. The highest BCUT2D eigenvalue weighted by molar-refractivity contribution is 9.10. The van der Waals surface area contributed by atoms with E-state index in [2.05, 4.69) is 31.4 Å². The third-order valence-electron chi connectivity index (χ3n) is 4.69. The Kier molecular flexibility index (Phi) is 8.93. The maximum absolute atomic E-state index is 13.3. The number of aryl methyl sites for hydroxylation is 2. The number of carbonyl (C=O) groups is 1. The fourth-order valence-electron chi connectivity index (χ4n) is 3.10. The number of nitrogens with one attached hydrogen (secondary N) is 1. The number of rotatable bonds is 10. The Hall–Kier alpha value is -2.37. The van der Waals surface area contributed by atoms with Gasteiger partial charge in [0, 0.05) is 24.5 Å². The summed E-state index contributed by atoms with van der Waals surface area (Å²) >= 11 is 4.14. The van der Waals surface area contributed by atoms with Crippen molar-refractivity contribution in [2.24, 2.45) is 0 Å². The van der Waals surface area contributed by atoms with Crippen LogP contribution in [0.3, 0.4) is 0 Å². The van der Waals surface area contributed by atoms with Crippen molar-refractivity contribution in [3.05, 3.63) is 70.0 Å². The largest absolute Gasteiger partial charge is 0.418 e. The third kappa shape index (κ3) is 7.31. The number of hydrogen-bond donors (Lipinski definition) is 1. The minimum atomic E-state index is -4.59. The molecule has 0 unspecified atom stereocenters. The van der Waals surface area contributed by atoms with Crippen LogP contribution in [0.1, 0.15) is 17.0 Å². The van der Waals surface area contributed by atoms with Gasteiger partial charge < -0.3 is 14.6 Å². The number of carbonyl (C=O) groups excluding carboxylic acids is 1. The molecule has 0 bridgehead atoms. The lowest BCUT2D eigenvalue weighted by Crippen LogP contribution is -2.18. The van der Waals surface area contributed by atoms with Crippen molar-refractivity contribution in [1.82, 2.24) is 14.8 Å². The fourth-order valence-corrected chi connectivity index (χ4v) is 4.24. The van der Waals surface area contributed by atoms with Gasteiger partial charge >= 0.3 is 6.18 Å². The molecule has 0 spiro atoms. The quantitative estimate of drug-likeness (QED) is 0.355. The van der Waals surface area contributed by atoms with Crippen LogP contribution in [0.4, 0.5) is 18.9 Å². The molecular weight excluding hydrogens is 521 g/mol. The number of benzene rings is 2. The first kappa shape index (κ1) is 25.3.